The van der Waals surface area contributed by atoms with Gasteiger partial charge in [-0.15, -0.1) is 0 Å². The summed E-state index contributed by atoms with van der Waals surface area (Å²) in [6.45, 7) is -0.989. The number of aliphatic hydroxyl groups excluding tert-OH is 3. The van der Waals surface area contributed by atoms with Crippen LogP contribution in [-0.4, -0.2) is 52.9 Å². The lowest BCUT2D eigenvalue weighted by molar-refractivity contribution is -0.129. The molecular weight excluding hydrogens is 320 g/mol. The Labute approximate surface area is 139 Å². The second-order valence-electron chi connectivity index (χ2n) is 5.82. The molecule has 0 saturated carbocycles. The van der Waals surface area contributed by atoms with Gasteiger partial charge in [0.05, 0.1) is 12.6 Å². The number of aliphatic hydroxyl groups is 3. The van der Waals surface area contributed by atoms with Crippen LogP contribution in [0.4, 0.5) is 8.78 Å². The number of nitrogens with one attached hydrogen (secondary N) is 1. The molecule has 1 aromatic carbocycles. The maximum absolute atomic E-state index is 12.2. The number of halogens is 2. The van der Waals surface area contributed by atoms with Crippen LogP contribution in [0.25, 0.3) is 0 Å². The Hall–Kier alpha value is -1.38. The van der Waals surface area contributed by atoms with Crippen molar-refractivity contribution in [2.75, 3.05) is 6.61 Å². The van der Waals surface area contributed by atoms with Crippen molar-refractivity contribution in [3.63, 3.8) is 0 Å². The van der Waals surface area contributed by atoms with Crippen LogP contribution >= 0.6 is 0 Å². The van der Waals surface area contributed by atoms with Crippen molar-refractivity contribution >= 4 is 0 Å². The van der Waals surface area contributed by atoms with Crippen LogP contribution in [0, 0.1) is 0 Å². The molecule has 134 valence electrons. The van der Waals surface area contributed by atoms with Crippen molar-refractivity contribution in [2.24, 2.45) is 0 Å². The van der Waals surface area contributed by atoms with E-state index >= 15 is 0 Å². The maximum Gasteiger partial charge on any atom is 0.345 e. The molecule has 7 heteroatoms. The first-order valence-corrected chi connectivity index (χ1v) is 7.88. The summed E-state index contributed by atoms with van der Waals surface area (Å²) in [5, 5.41) is 32.9. The Morgan fingerprint density at radius 3 is 2.29 bits per heavy atom. The van der Waals surface area contributed by atoms with Gasteiger partial charge >= 0.3 is 6.61 Å². The van der Waals surface area contributed by atoms with Crippen LogP contribution < -0.4 is 5.32 Å². The third-order valence-electron chi connectivity index (χ3n) is 4.16. The minimum absolute atomic E-state index is 0.118. The van der Waals surface area contributed by atoms with Gasteiger partial charge in [0.25, 0.3) is 0 Å². The summed E-state index contributed by atoms with van der Waals surface area (Å²) in [6.07, 6.45) is -1.77. The predicted molar refractivity (Wildman–Crippen MR) is 84.5 cm³/mol. The van der Waals surface area contributed by atoms with Gasteiger partial charge in [-0.05, 0) is 23.1 Å². The normalized spacial score (nSPS) is 27.4. The first-order valence-electron chi connectivity index (χ1n) is 7.88. The van der Waals surface area contributed by atoms with Crippen LogP contribution in [0.2, 0.25) is 0 Å². The molecule has 0 unspecified atom stereocenters. The standard InChI is InChI=1S/C17H23F2NO4/c1-2-10-3-5-11(6-4-10)8-20-13-7-12(9-24-17(18)19)14(21)16(23)15(13)22/h3-7,13-17,20-23H,2,8-9H2,1H3/t13-,14+,15+,16+/m1/s1. The monoisotopic (exact) mass is 343 g/mol. The summed E-state index contributed by atoms with van der Waals surface area (Å²) in [5.74, 6) is 0. The highest BCUT2D eigenvalue weighted by Crippen LogP contribution is 2.22. The molecule has 1 aromatic rings. The number of benzene rings is 1. The molecule has 2 rings (SSSR count). The van der Waals surface area contributed by atoms with E-state index in [0.717, 1.165) is 12.0 Å². The first-order chi connectivity index (χ1) is 11.4. The second kappa shape index (κ2) is 8.64. The Morgan fingerprint density at radius 2 is 1.71 bits per heavy atom. The molecule has 0 saturated heterocycles. The third kappa shape index (κ3) is 4.81. The molecule has 1 aliphatic rings. The quantitative estimate of drug-likeness (QED) is 0.555. The number of hydrogen-bond donors (Lipinski definition) is 4. The zero-order valence-electron chi connectivity index (χ0n) is 13.4. The highest BCUT2D eigenvalue weighted by Gasteiger charge is 2.37. The SMILES string of the molecule is CCc1ccc(CN[C@@H]2C=C(COC(F)F)[C@H](O)[C@H](O)[C@H]2O)cc1. The van der Waals surface area contributed by atoms with E-state index in [-0.39, 0.29) is 5.57 Å². The van der Waals surface area contributed by atoms with Gasteiger partial charge in [0, 0.05) is 6.54 Å². The van der Waals surface area contributed by atoms with Crippen molar-refractivity contribution in [2.45, 2.75) is 50.9 Å². The lowest BCUT2D eigenvalue weighted by Gasteiger charge is -2.35. The van der Waals surface area contributed by atoms with Crippen molar-refractivity contribution in [3.05, 3.63) is 47.0 Å². The number of ether oxygens (including phenoxy) is 1. The van der Waals surface area contributed by atoms with Gasteiger partial charge in [0.15, 0.2) is 0 Å². The van der Waals surface area contributed by atoms with E-state index in [0.29, 0.717) is 6.54 Å². The average molecular weight is 343 g/mol. The summed E-state index contributed by atoms with van der Waals surface area (Å²) in [6, 6.07) is 7.24. The molecular formula is C17H23F2NO4. The van der Waals surface area contributed by atoms with E-state index in [4.69, 9.17) is 0 Å². The van der Waals surface area contributed by atoms with Crippen LogP contribution in [0.15, 0.2) is 35.9 Å². The van der Waals surface area contributed by atoms with Gasteiger partial charge in [-0.3, -0.25) is 0 Å². The van der Waals surface area contributed by atoms with E-state index in [1.165, 1.54) is 11.6 Å². The minimum Gasteiger partial charge on any atom is -0.388 e. The lowest BCUT2D eigenvalue weighted by Crippen LogP contribution is -2.54. The van der Waals surface area contributed by atoms with Gasteiger partial charge in [-0.2, -0.15) is 8.78 Å². The average Bonchev–Trinajstić information content (AvgIpc) is 2.58. The van der Waals surface area contributed by atoms with Crippen molar-refractivity contribution < 1.29 is 28.8 Å². The number of rotatable bonds is 7. The fourth-order valence-corrected chi connectivity index (χ4v) is 2.65. The van der Waals surface area contributed by atoms with Gasteiger partial charge in [0.2, 0.25) is 0 Å². The Balaban J connectivity index is 2.02. The molecule has 0 radical (unpaired) electrons. The molecule has 4 atom stereocenters. The lowest BCUT2D eigenvalue weighted by atomic mass is 9.88. The Kier molecular flexibility index (Phi) is 6.82. The van der Waals surface area contributed by atoms with E-state index in [1.54, 1.807) is 0 Å². The highest BCUT2D eigenvalue weighted by atomic mass is 19.3. The smallest absolute Gasteiger partial charge is 0.345 e. The fraction of sp³-hybridized carbons (Fsp3) is 0.529. The molecule has 0 amide bonds. The molecule has 0 bridgehead atoms. The molecule has 1 aliphatic carbocycles. The largest absolute Gasteiger partial charge is 0.388 e. The maximum atomic E-state index is 12.2. The summed E-state index contributed by atoms with van der Waals surface area (Å²) < 4.78 is 28.5. The highest BCUT2D eigenvalue weighted by molar-refractivity contribution is 5.24. The van der Waals surface area contributed by atoms with Crippen LogP contribution in [0.5, 0.6) is 0 Å². The van der Waals surface area contributed by atoms with Gasteiger partial charge < -0.3 is 25.4 Å². The van der Waals surface area contributed by atoms with Gasteiger partial charge in [-0.25, -0.2) is 0 Å². The number of alkyl halides is 2. The molecule has 0 aliphatic heterocycles. The second-order valence-corrected chi connectivity index (χ2v) is 5.82. The molecule has 4 N–H and O–H groups in total. The summed E-state index contributed by atoms with van der Waals surface area (Å²) in [5.41, 5.74) is 2.31. The molecule has 0 fully saturated rings. The van der Waals surface area contributed by atoms with E-state index in [9.17, 15) is 24.1 Å². The number of aryl methyl sites for hydroxylation is 1. The summed E-state index contributed by atoms with van der Waals surface area (Å²) in [7, 11) is 0. The topological polar surface area (TPSA) is 82.0 Å². The fourth-order valence-electron chi connectivity index (χ4n) is 2.65. The van der Waals surface area contributed by atoms with E-state index < -0.39 is 37.6 Å². The van der Waals surface area contributed by atoms with Crippen molar-refractivity contribution in [1.29, 1.82) is 0 Å². The zero-order valence-corrected chi connectivity index (χ0v) is 13.4. The van der Waals surface area contributed by atoms with E-state index in [1.807, 2.05) is 24.3 Å². The predicted octanol–water partition coefficient (Wildman–Crippen LogP) is 0.969. The Morgan fingerprint density at radius 1 is 1.08 bits per heavy atom. The van der Waals surface area contributed by atoms with Crippen LogP contribution in [0.3, 0.4) is 0 Å². The molecule has 5 nitrogen and oxygen atoms in total. The molecule has 24 heavy (non-hydrogen) atoms. The van der Waals surface area contributed by atoms with Crippen LogP contribution in [-0.2, 0) is 17.7 Å². The first kappa shape index (κ1) is 19.0. The van der Waals surface area contributed by atoms with E-state index in [2.05, 4.69) is 17.0 Å². The minimum atomic E-state index is -2.97. The summed E-state index contributed by atoms with van der Waals surface area (Å²) in [4.78, 5) is 0. The molecule has 0 aromatic heterocycles. The van der Waals surface area contributed by atoms with Gasteiger partial charge in [-0.1, -0.05) is 37.3 Å². The zero-order chi connectivity index (χ0) is 17.7. The molecule has 0 spiro atoms. The van der Waals surface area contributed by atoms with Crippen molar-refractivity contribution in [3.8, 4) is 0 Å². The van der Waals surface area contributed by atoms with Crippen LogP contribution in [0.1, 0.15) is 18.1 Å². The Bertz CT molecular complexity index is 550. The summed E-state index contributed by atoms with van der Waals surface area (Å²) >= 11 is 0. The number of hydrogen-bond acceptors (Lipinski definition) is 5. The molecule has 0 heterocycles. The third-order valence-corrected chi connectivity index (χ3v) is 4.16. The van der Waals surface area contributed by atoms with Crippen molar-refractivity contribution in [1.82, 2.24) is 5.32 Å². The van der Waals surface area contributed by atoms with Gasteiger partial charge in [0.1, 0.15) is 18.3 Å².